The standard InChI is InChI=1S/C20H30N2O2.ClH/c1-12(2)15-6-5-13(3)19(9-15)24-14(4)20(23)22-10-16-7-8-18(21)17(16)11-22;/h5-6,9,12,14,16-18H,7-8,10-11,21H2,1-4H3;1H. The number of halogens is 1. The zero-order valence-electron chi connectivity index (χ0n) is 15.7. The summed E-state index contributed by atoms with van der Waals surface area (Å²) in [5.74, 6) is 2.41. The quantitative estimate of drug-likeness (QED) is 0.887. The van der Waals surface area contributed by atoms with Crippen LogP contribution in [-0.4, -0.2) is 36.0 Å². The van der Waals surface area contributed by atoms with Gasteiger partial charge in [-0.2, -0.15) is 0 Å². The first-order valence-electron chi connectivity index (χ1n) is 9.18. The lowest BCUT2D eigenvalue weighted by Gasteiger charge is -2.24. The Bertz CT molecular complexity index is 620. The smallest absolute Gasteiger partial charge is 0.263 e. The van der Waals surface area contributed by atoms with Crippen molar-refractivity contribution in [2.75, 3.05) is 13.1 Å². The molecule has 4 atom stereocenters. The second-order valence-electron chi connectivity index (χ2n) is 7.85. The van der Waals surface area contributed by atoms with E-state index in [-0.39, 0.29) is 24.4 Å². The number of fused-ring (bicyclic) bond motifs is 1. The lowest BCUT2D eigenvalue weighted by molar-refractivity contribution is -0.137. The summed E-state index contributed by atoms with van der Waals surface area (Å²) in [5, 5.41) is 0. The van der Waals surface area contributed by atoms with Crippen LogP contribution in [0.3, 0.4) is 0 Å². The maximum Gasteiger partial charge on any atom is 0.263 e. The molecule has 3 rings (SSSR count). The number of hydrogen-bond donors (Lipinski definition) is 1. The van der Waals surface area contributed by atoms with E-state index < -0.39 is 6.10 Å². The number of amides is 1. The molecule has 1 aliphatic carbocycles. The molecule has 1 saturated heterocycles. The average molecular weight is 367 g/mol. The van der Waals surface area contributed by atoms with Gasteiger partial charge in [0.2, 0.25) is 0 Å². The Balaban J connectivity index is 0.00000225. The zero-order chi connectivity index (χ0) is 17.4. The Morgan fingerprint density at radius 1 is 1.24 bits per heavy atom. The molecule has 140 valence electrons. The third kappa shape index (κ3) is 4.12. The Kier molecular flexibility index (Phi) is 6.39. The van der Waals surface area contributed by atoms with Crippen LogP contribution in [0, 0.1) is 18.8 Å². The molecular formula is C20H31ClN2O2. The maximum absolute atomic E-state index is 12.8. The molecule has 1 saturated carbocycles. The molecule has 4 unspecified atom stereocenters. The number of nitrogens with zero attached hydrogens (tertiary/aromatic N) is 1. The van der Waals surface area contributed by atoms with Crippen LogP contribution in [0.5, 0.6) is 5.75 Å². The number of carbonyl (C=O) groups excluding carboxylic acids is 1. The van der Waals surface area contributed by atoms with Crippen molar-refractivity contribution in [3.8, 4) is 5.75 Å². The third-order valence-corrected chi connectivity index (χ3v) is 5.75. The molecule has 0 aromatic heterocycles. The first-order valence-corrected chi connectivity index (χ1v) is 9.18. The molecule has 4 nitrogen and oxygen atoms in total. The highest BCUT2D eigenvalue weighted by Gasteiger charge is 2.43. The molecule has 2 N–H and O–H groups in total. The second kappa shape index (κ2) is 7.96. The van der Waals surface area contributed by atoms with Crippen LogP contribution in [0.4, 0.5) is 0 Å². The predicted octanol–water partition coefficient (Wildman–Crippen LogP) is 3.50. The van der Waals surface area contributed by atoms with Gasteiger partial charge in [-0.1, -0.05) is 26.0 Å². The molecule has 25 heavy (non-hydrogen) atoms. The number of aryl methyl sites for hydroxylation is 1. The first kappa shape index (κ1) is 20.1. The first-order chi connectivity index (χ1) is 11.4. The molecule has 5 heteroatoms. The fourth-order valence-electron chi connectivity index (χ4n) is 4.09. The van der Waals surface area contributed by atoms with Gasteiger partial charge in [-0.3, -0.25) is 4.79 Å². The lowest BCUT2D eigenvalue weighted by atomic mass is 9.98. The SMILES string of the molecule is Cc1ccc(C(C)C)cc1OC(C)C(=O)N1CC2CCC(N)C2C1.Cl. The van der Waals surface area contributed by atoms with Gasteiger partial charge in [0.05, 0.1) is 0 Å². The minimum absolute atomic E-state index is 0. The van der Waals surface area contributed by atoms with Crippen LogP contribution >= 0.6 is 12.4 Å². The van der Waals surface area contributed by atoms with Crippen LogP contribution in [0.2, 0.25) is 0 Å². The molecule has 1 amide bonds. The Labute approximate surface area is 157 Å². The minimum Gasteiger partial charge on any atom is -0.481 e. The van der Waals surface area contributed by atoms with Crippen molar-refractivity contribution in [1.82, 2.24) is 4.90 Å². The highest BCUT2D eigenvalue weighted by atomic mass is 35.5. The number of carbonyl (C=O) groups is 1. The minimum atomic E-state index is -0.457. The summed E-state index contributed by atoms with van der Waals surface area (Å²) in [7, 11) is 0. The van der Waals surface area contributed by atoms with Crippen molar-refractivity contribution < 1.29 is 9.53 Å². The molecule has 2 aliphatic rings. The van der Waals surface area contributed by atoms with Crippen LogP contribution in [0.1, 0.15) is 50.7 Å². The molecule has 1 aromatic rings. The van der Waals surface area contributed by atoms with Crippen molar-refractivity contribution in [2.24, 2.45) is 17.6 Å². The third-order valence-electron chi connectivity index (χ3n) is 5.75. The number of benzene rings is 1. The van der Waals surface area contributed by atoms with Gasteiger partial charge in [-0.15, -0.1) is 12.4 Å². The monoisotopic (exact) mass is 366 g/mol. The van der Waals surface area contributed by atoms with E-state index in [1.165, 1.54) is 5.56 Å². The van der Waals surface area contributed by atoms with Crippen LogP contribution in [0.15, 0.2) is 18.2 Å². The maximum atomic E-state index is 12.8. The van der Waals surface area contributed by atoms with E-state index in [0.717, 1.165) is 37.2 Å². The number of ether oxygens (including phenoxy) is 1. The van der Waals surface area contributed by atoms with Gasteiger partial charge in [0.1, 0.15) is 5.75 Å². The van der Waals surface area contributed by atoms with Crippen molar-refractivity contribution >= 4 is 18.3 Å². The van der Waals surface area contributed by atoms with E-state index in [2.05, 4.69) is 32.0 Å². The molecular weight excluding hydrogens is 336 g/mol. The van der Waals surface area contributed by atoms with E-state index in [1.807, 2.05) is 18.7 Å². The molecule has 0 bridgehead atoms. The number of nitrogens with two attached hydrogens (primary N) is 1. The van der Waals surface area contributed by atoms with Gasteiger partial charge in [-0.25, -0.2) is 0 Å². The second-order valence-corrected chi connectivity index (χ2v) is 7.85. The molecule has 0 radical (unpaired) electrons. The number of likely N-dealkylation sites (tertiary alicyclic amines) is 1. The summed E-state index contributed by atoms with van der Waals surface area (Å²) in [6.07, 6.45) is 1.80. The van der Waals surface area contributed by atoms with Crippen molar-refractivity contribution in [2.45, 2.75) is 58.6 Å². The predicted molar refractivity (Wildman–Crippen MR) is 103 cm³/mol. The summed E-state index contributed by atoms with van der Waals surface area (Å²) in [4.78, 5) is 14.7. The van der Waals surface area contributed by atoms with E-state index in [4.69, 9.17) is 10.5 Å². The van der Waals surface area contributed by atoms with Crippen molar-refractivity contribution in [1.29, 1.82) is 0 Å². The normalized spacial score (nSPS) is 26.3. The van der Waals surface area contributed by atoms with Gasteiger partial charge < -0.3 is 15.4 Å². The Hall–Kier alpha value is -1.26. The Morgan fingerprint density at radius 3 is 2.60 bits per heavy atom. The van der Waals surface area contributed by atoms with Crippen molar-refractivity contribution in [3.05, 3.63) is 29.3 Å². The lowest BCUT2D eigenvalue weighted by Crippen LogP contribution is -2.40. The molecule has 2 fully saturated rings. The molecule has 0 spiro atoms. The Morgan fingerprint density at radius 2 is 1.96 bits per heavy atom. The van der Waals surface area contributed by atoms with Crippen LogP contribution < -0.4 is 10.5 Å². The highest BCUT2D eigenvalue weighted by Crippen LogP contribution is 2.37. The van der Waals surface area contributed by atoms with Crippen LogP contribution in [-0.2, 0) is 4.79 Å². The summed E-state index contributed by atoms with van der Waals surface area (Å²) >= 11 is 0. The van der Waals surface area contributed by atoms with Gasteiger partial charge in [-0.05, 0) is 61.6 Å². The molecule has 1 aromatic carbocycles. The van der Waals surface area contributed by atoms with E-state index in [1.54, 1.807) is 0 Å². The fourth-order valence-corrected chi connectivity index (χ4v) is 4.09. The summed E-state index contributed by atoms with van der Waals surface area (Å²) in [6.45, 7) is 9.84. The zero-order valence-corrected chi connectivity index (χ0v) is 16.5. The highest BCUT2D eigenvalue weighted by molar-refractivity contribution is 5.85. The number of rotatable bonds is 4. The molecule has 1 aliphatic heterocycles. The summed E-state index contributed by atoms with van der Waals surface area (Å²) in [5.41, 5.74) is 8.48. The average Bonchev–Trinajstić information content (AvgIpc) is 3.11. The summed E-state index contributed by atoms with van der Waals surface area (Å²) in [6, 6.07) is 6.52. The van der Waals surface area contributed by atoms with E-state index in [0.29, 0.717) is 17.8 Å². The van der Waals surface area contributed by atoms with E-state index >= 15 is 0 Å². The fraction of sp³-hybridized carbons (Fsp3) is 0.650. The van der Waals surface area contributed by atoms with Gasteiger partial charge in [0, 0.05) is 19.1 Å². The largest absolute Gasteiger partial charge is 0.481 e. The topological polar surface area (TPSA) is 55.6 Å². The summed E-state index contributed by atoms with van der Waals surface area (Å²) < 4.78 is 6.04. The van der Waals surface area contributed by atoms with Crippen molar-refractivity contribution in [3.63, 3.8) is 0 Å². The van der Waals surface area contributed by atoms with E-state index in [9.17, 15) is 4.79 Å². The van der Waals surface area contributed by atoms with Gasteiger partial charge in [0.25, 0.3) is 5.91 Å². The van der Waals surface area contributed by atoms with Gasteiger partial charge >= 0.3 is 0 Å². The molecule has 1 heterocycles. The van der Waals surface area contributed by atoms with Gasteiger partial charge in [0.15, 0.2) is 6.10 Å². The van der Waals surface area contributed by atoms with Crippen LogP contribution in [0.25, 0.3) is 0 Å². The number of hydrogen-bond acceptors (Lipinski definition) is 3.